The predicted octanol–water partition coefficient (Wildman–Crippen LogP) is 2.39. The van der Waals surface area contributed by atoms with E-state index in [4.69, 9.17) is 9.57 Å². The Kier molecular flexibility index (Phi) is 4.39. The first kappa shape index (κ1) is 11.6. The predicted molar refractivity (Wildman–Crippen MR) is 66.0 cm³/mol. The number of halogens is 1. The second-order valence-electron chi connectivity index (χ2n) is 3.58. The lowest BCUT2D eigenvalue weighted by Crippen LogP contribution is -2.18. The maximum Gasteiger partial charge on any atom is 0.130 e. The summed E-state index contributed by atoms with van der Waals surface area (Å²) in [5.74, 6) is 0. The van der Waals surface area contributed by atoms with Crippen LogP contribution in [-0.2, 0) is 16.0 Å². The first-order chi connectivity index (χ1) is 7.84. The van der Waals surface area contributed by atoms with Crippen molar-refractivity contribution >= 4 is 15.9 Å². The van der Waals surface area contributed by atoms with Crippen molar-refractivity contribution in [2.24, 2.45) is 0 Å². The molecule has 4 heteroatoms. The number of nitrogens with one attached hydrogen (secondary N) is 1. The Morgan fingerprint density at radius 1 is 1.31 bits per heavy atom. The van der Waals surface area contributed by atoms with Crippen LogP contribution >= 0.6 is 15.9 Å². The summed E-state index contributed by atoms with van der Waals surface area (Å²) in [6.07, 6.45) is 2.89. The van der Waals surface area contributed by atoms with Gasteiger partial charge in [0.1, 0.15) is 10.7 Å². The zero-order valence-electron chi connectivity index (χ0n) is 8.86. The van der Waals surface area contributed by atoms with Gasteiger partial charge in [0.05, 0.1) is 13.2 Å². The number of ether oxygens (including phenoxy) is 1. The fourth-order valence-corrected chi connectivity index (χ4v) is 1.87. The molecule has 1 atom stereocenters. The van der Waals surface area contributed by atoms with Crippen LogP contribution in [-0.4, -0.2) is 19.3 Å². The number of hydrogen-bond acceptors (Lipinski definition) is 3. The number of hydrogen-bond donors (Lipinski definition) is 1. The lowest BCUT2D eigenvalue weighted by molar-refractivity contribution is -0.0123. The van der Waals surface area contributed by atoms with Gasteiger partial charge in [0.15, 0.2) is 0 Å². The highest BCUT2D eigenvalue weighted by Gasteiger charge is 2.14. The van der Waals surface area contributed by atoms with E-state index in [2.05, 4.69) is 33.5 Å². The summed E-state index contributed by atoms with van der Waals surface area (Å²) >= 11 is 3.29. The minimum atomic E-state index is 0.00477. The van der Waals surface area contributed by atoms with E-state index >= 15 is 0 Å². The van der Waals surface area contributed by atoms with Gasteiger partial charge in [-0.15, -0.1) is 0 Å². The smallest absolute Gasteiger partial charge is 0.130 e. The molecule has 86 valence electrons. The van der Waals surface area contributed by atoms with Crippen molar-refractivity contribution in [1.82, 2.24) is 5.48 Å². The molecule has 1 aromatic carbocycles. The standard InChI is InChI=1S/C12H14BrNO2/c13-12-8-11(16-14-12)9-15-7-6-10-4-2-1-3-5-10/h1-5,8,11,14H,6-7,9H2/t11-/m0/s1. The van der Waals surface area contributed by atoms with Gasteiger partial charge in [-0.3, -0.25) is 10.3 Å². The monoisotopic (exact) mass is 283 g/mol. The van der Waals surface area contributed by atoms with Gasteiger partial charge in [0.25, 0.3) is 0 Å². The van der Waals surface area contributed by atoms with Crippen LogP contribution in [0.15, 0.2) is 41.0 Å². The van der Waals surface area contributed by atoms with Gasteiger partial charge in [0.2, 0.25) is 0 Å². The SMILES string of the molecule is BrC1=C[C@@H](COCCc2ccccc2)ON1. The first-order valence-corrected chi connectivity index (χ1v) is 6.04. The molecule has 1 aliphatic rings. The third-order valence-corrected chi connectivity index (χ3v) is 2.73. The lowest BCUT2D eigenvalue weighted by atomic mass is 10.2. The van der Waals surface area contributed by atoms with Crippen molar-refractivity contribution in [3.8, 4) is 0 Å². The summed E-state index contributed by atoms with van der Waals surface area (Å²) in [5.41, 5.74) is 4.02. The molecule has 0 aromatic heterocycles. The van der Waals surface area contributed by atoms with E-state index in [0.29, 0.717) is 6.61 Å². The summed E-state index contributed by atoms with van der Waals surface area (Å²) in [6, 6.07) is 10.3. The molecule has 1 aliphatic heterocycles. The zero-order valence-corrected chi connectivity index (χ0v) is 10.4. The maximum absolute atomic E-state index is 5.54. The van der Waals surface area contributed by atoms with Gasteiger partial charge in [-0.1, -0.05) is 30.3 Å². The second kappa shape index (κ2) is 6.03. The largest absolute Gasteiger partial charge is 0.378 e. The minimum Gasteiger partial charge on any atom is -0.378 e. The molecule has 1 aromatic rings. The van der Waals surface area contributed by atoms with Gasteiger partial charge in [-0.2, -0.15) is 0 Å². The van der Waals surface area contributed by atoms with E-state index in [1.807, 2.05) is 24.3 Å². The van der Waals surface area contributed by atoms with E-state index in [9.17, 15) is 0 Å². The van der Waals surface area contributed by atoms with Gasteiger partial charge in [-0.05, 0) is 34.0 Å². The van der Waals surface area contributed by atoms with Crippen LogP contribution < -0.4 is 5.48 Å². The van der Waals surface area contributed by atoms with Crippen molar-refractivity contribution in [3.63, 3.8) is 0 Å². The van der Waals surface area contributed by atoms with Crippen LogP contribution in [0, 0.1) is 0 Å². The fraction of sp³-hybridized carbons (Fsp3) is 0.333. The molecule has 2 rings (SSSR count). The maximum atomic E-state index is 5.54. The first-order valence-electron chi connectivity index (χ1n) is 5.25. The summed E-state index contributed by atoms with van der Waals surface area (Å²) in [7, 11) is 0. The van der Waals surface area contributed by atoms with E-state index in [1.54, 1.807) is 0 Å². The number of hydroxylamine groups is 1. The van der Waals surface area contributed by atoms with Crippen molar-refractivity contribution in [2.45, 2.75) is 12.5 Å². The van der Waals surface area contributed by atoms with Crippen LogP contribution in [0.25, 0.3) is 0 Å². The Balaban J connectivity index is 1.62. The van der Waals surface area contributed by atoms with Crippen molar-refractivity contribution in [3.05, 3.63) is 46.6 Å². The highest BCUT2D eigenvalue weighted by Crippen LogP contribution is 2.12. The molecule has 0 fully saturated rings. The molecule has 3 nitrogen and oxygen atoms in total. The summed E-state index contributed by atoms with van der Waals surface area (Å²) in [6.45, 7) is 1.30. The second-order valence-corrected chi connectivity index (χ2v) is 4.44. The summed E-state index contributed by atoms with van der Waals surface area (Å²) in [5, 5.41) is 0. The normalized spacial score (nSPS) is 19.3. The average molecular weight is 284 g/mol. The van der Waals surface area contributed by atoms with Crippen molar-refractivity contribution in [1.29, 1.82) is 0 Å². The van der Waals surface area contributed by atoms with Crippen molar-refractivity contribution < 1.29 is 9.57 Å². The van der Waals surface area contributed by atoms with Crippen molar-refractivity contribution in [2.75, 3.05) is 13.2 Å². The Hall–Kier alpha value is -0.840. The highest BCUT2D eigenvalue weighted by atomic mass is 79.9. The Labute approximate surface area is 104 Å². The van der Waals surface area contributed by atoms with Crippen LogP contribution in [0.5, 0.6) is 0 Å². The number of rotatable bonds is 5. The molecular weight excluding hydrogens is 270 g/mol. The summed E-state index contributed by atoms with van der Waals surface area (Å²) in [4.78, 5) is 5.20. The quantitative estimate of drug-likeness (QED) is 0.665. The third-order valence-electron chi connectivity index (χ3n) is 2.30. The molecule has 0 spiro atoms. The van der Waals surface area contributed by atoms with Gasteiger partial charge in [-0.25, -0.2) is 0 Å². The van der Waals surface area contributed by atoms with Gasteiger partial charge in [0, 0.05) is 0 Å². The van der Waals surface area contributed by atoms with Crippen LogP contribution in [0.2, 0.25) is 0 Å². The molecule has 16 heavy (non-hydrogen) atoms. The lowest BCUT2D eigenvalue weighted by Gasteiger charge is -2.08. The Bertz CT molecular complexity index is 353. The molecule has 0 amide bonds. The Morgan fingerprint density at radius 3 is 2.81 bits per heavy atom. The molecule has 0 bridgehead atoms. The van der Waals surface area contributed by atoms with E-state index in [1.165, 1.54) is 5.56 Å². The summed E-state index contributed by atoms with van der Waals surface area (Å²) < 4.78 is 6.40. The fourth-order valence-electron chi connectivity index (χ4n) is 1.48. The van der Waals surface area contributed by atoms with Gasteiger partial charge >= 0.3 is 0 Å². The third kappa shape index (κ3) is 3.63. The molecule has 0 radical (unpaired) electrons. The highest BCUT2D eigenvalue weighted by molar-refractivity contribution is 9.11. The van der Waals surface area contributed by atoms with E-state index in [-0.39, 0.29) is 6.10 Å². The molecule has 0 unspecified atom stereocenters. The zero-order chi connectivity index (χ0) is 11.2. The van der Waals surface area contributed by atoms with E-state index in [0.717, 1.165) is 17.6 Å². The van der Waals surface area contributed by atoms with Crippen LogP contribution in [0.1, 0.15) is 5.56 Å². The molecular formula is C12H14BrNO2. The molecule has 0 saturated carbocycles. The molecule has 1 heterocycles. The molecule has 0 saturated heterocycles. The van der Waals surface area contributed by atoms with Gasteiger partial charge < -0.3 is 4.74 Å². The minimum absolute atomic E-state index is 0.00477. The van der Waals surface area contributed by atoms with Crippen LogP contribution in [0.4, 0.5) is 0 Å². The average Bonchev–Trinajstić information content (AvgIpc) is 2.72. The van der Waals surface area contributed by atoms with Crippen LogP contribution in [0.3, 0.4) is 0 Å². The number of benzene rings is 1. The Morgan fingerprint density at radius 2 is 2.12 bits per heavy atom. The van der Waals surface area contributed by atoms with E-state index < -0.39 is 0 Å². The molecule has 0 aliphatic carbocycles. The topological polar surface area (TPSA) is 30.5 Å². The molecule has 1 N–H and O–H groups in total.